The van der Waals surface area contributed by atoms with E-state index in [-0.39, 0.29) is 12.4 Å². The number of hydrogen-bond acceptors (Lipinski definition) is 3. The summed E-state index contributed by atoms with van der Waals surface area (Å²) in [6, 6.07) is 27.9. The van der Waals surface area contributed by atoms with Gasteiger partial charge in [-0.3, -0.25) is 0 Å². The molecule has 6 heteroatoms. The Kier molecular flexibility index (Phi) is 6.27. The highest BCUT2D eigenvalue weighted by atomic mass is 35.5. The number of para-hydroxylation sites is 2. The van der Waals surface area contributed by atoms with Gasteiger partial charge in [0.15, 0.2) is 0 Å². The van der Waals surface area contributed by atoms with Crippen LogP contribution in [0.2, 0.25) is 0 Å². The van der Waals surface area contributed by atoms with Gasteiger partial charge in [0.2, 0.25) is 0 Å². The molecule has 0 amide bonds. The maximum atomic E-state index is 11.4. The van der Waals surface area contributed by atoms with Gasteiger partial charge >= 0.3 is 5.97 Å². The molecule has 6 rings (SSSR count). The predicted octanol–water partition coefficient (Wildman–Crippen LogP) is 6.95. The number of nitrogens with one attached hydrogen (secondary N) is 1. The van der Waals surface area contributed by atoms with E-state index in [1.165, 1.54) is 5.56 Å². The highest BCUT2D eigenvalue weighted by Crippen LogP contribution is 2.37. The van der Waals surface area contributed by atoms with Crippen LogP contribution in [-0.2, 0) is 12.8 Å². The molecule has 2 aromatic heterocycles. The standard InChI is InChI=1S/C30H24N2O3.ClH/c31-14-13-22-25-17-19(21-8-4-9-24-23-7-1-2-10-28(23)35-29(21)24)11-12-26(25)32-27(22)16-18-5-3-6-20(15-18)30(33)34;/h1-12,15,17,32H,13-14,16,31H2,(H,33,34);1H. The van der Waals surface area contributed by atoms with E-state index in [1.54, 1.807) is 18.2 Å². The minimum Gasteiger partial charge on any atom is -0.478 e. The Morgan fingerprint density at radius 3 is 2.53 bits per heavy atom. The fraction of sp³-hybridized carbons (Fsp3) is 0.100. The summed E-state index contributed by atoms with van der Waals surface area (Å²) >= 11 is 0. The summed E-state index contributed by atoms with van der Waals surface area (Å²) in [5, 5.41) is 12.7. The second-order valence-electron chi connectivity index (χ2n) is 8.84. The molecule has 2 heterocycles. The molecule has 0 radical (unpaired) electrons. The molecular formula is C30H25ClN2O3. The highest BCUT2D eigenvalue weighted by Gasteiger charge is 2.16. The van der Waals surface area contributed by atoms with Crippen molar-refractivity contribution < 1.29 is 14.3 Å². The summed E-state index contributed by atoms with van der Waals surface area (Å²) in [4.78, 5) is 15.0. The van der Waals surface area contributed by atoms with Crippen LogP contribution in [0.4, 0.5) is 0 Å². The quantitative estimate of drug-likeness (QED) is 0.233. The van der Waals surface area contributed by atoms with Crippen LogP contribution in [0, 0.1) is 0 Å². The van der Waals surface area contributed by atoms with Gasteiger partial charge in [0, 0.05) is 39.4 Å². The van der Waals surface area contributed by atoms with Crippen LogP contribution in [0.1, 0.15) is 27.2 Å². The SMILES string of the molecule is Cl.NCCc1c(Cc2cccc(C(=O)O)c2)[nH]c2ccc(-c3cccc4c3oc3ccccc34)cc12. The normalized spacial score (nSPS) is 11.2. The number of aromatic amines is 1. The monoisotopic (exact) mass is 496 g/mol. The molecule has 0 aliphatic rings. The van der Waals surface area contributed by atoms with Crippen LogP contribution in [-0.4, -0.2) is 22.6 Å². The Morgan fingerprint density at radius 2 is 1.69 bits per heavy atom. The summed E-state index contributed by atoms with van der Waals surface area (Å²) in [5.41, 5.74) is 14.4. The van der Waals surface area contributed by atoms with Crippen molar-refractivity contribution in [1.29, 1.82) is 0 Å². The first-order chi connectivity index (χ1) is 17.1. The van der Waals surface area contributed by atoms with Gasteiger partial charge in [0.1, 0.15) is 11.2 Å². The van der Waals surface area contributed by atoms with Crippen molar-refractivity contribution in [3.8, 4) is 11.1 Å². The van der Waals surface area contributed by atoms with E-state index in [9.17, 15) is 9.90 Å². The average Bonchev–Trinajstić information content (AvgIpc) is 3.42. The number of carboxylic acids is 1. The molecule has 0 saturated heterocycles. The van der Waals surface area contributed by atoms with Crippen molar-refractivity contribution in [3.05, 3.63) is 107 Å². The molecule has 0 bridgehead atoms. The number of aromatic nitrogens is 1. The van der Waals surface area contributed by atoms with Gasteiger partial charge in [-0.25, -0.2) is 4.79 Å². The van der Waals surface area contributed by atoms with Gasteiger partial charge in [-0.15, -0.1) is 12.4 Å². The Bertz CT molecular complexity index is 1730. The molecular weight excluding hydrogens is 472 g/mol. The van der Waals surface area contributed by atoms with Crippen molar-refractivity contribution in [2.75, 3.05) is 6.54 Å². The van der Waals surface area contributed by atoms with Crippen molar-refractivity contribution in [1.82, 2.24) is 4.98 Å². The summed E-state index contributed by atoms with van der Waals surface area (Å²) in [7, 11) is 0. The minimum absolute atomic E-state index is 0. The molecule has 0 atom stereocenters. The van der Waals surface area contributed by atoms with E-state index < -0.39 is 5.97 Å². The lowest BCUT2D eigenvalue weighted by molar-refractivity contribution is 0.0696. The van der Waals surface area contributed by atoms with Gasteiger partial charge in [-0.05, 0) is 60.0 Å². The second-order valence-corrected chi connectivity index (χ2v) is 8.84. The number of H-pyrrole nitrogens is 1. The first-order valence-corrected chi connectivity index (χ1v) is 11.7. The summed E-state index contributed by atoms with van der Waals surface area (Å²) in [6.07, 6.45) is 1.34. The van der Waals surface area contributed by atoms with Crippen LogP contribution < -0.4 is 5.73 Å². The zero-order valence-electron chi connectivity index (χ0n) is 19.5. The maximum absolute atomic E-state index is 11.4. The second kappa shape index (κ2) is 9.53. The predicted molar refractivity (Wildman–Crippen MR) is 147 cm³/mol. The van der Waals surface area contributed by atoms with Gasteiger partial charge in [0.25, 0.3) is 0 Å². The number of benzene rings is 4. The number of carbonyl (C=O) groups is 1. The number of halogens is 1. The third-order valence-corrected chi connectivity index (χ3v) is 6.66. The van der Waals surface area contributed by atoms with E-state index in [4.69, 9.17) is 10.2 Å². The molecule has 4 N–H and O–H groups in total. The number of nitrogens with two attached hydrogens (primary N) is 1. The zero-order chi connectivity index (χ0) is 23.9. The number of rotatable bonds is 6. The fourth-order valence-electron chi connectivity index (χ4n) is 5.04. The van der Waals surface area contributed by atoms with E-state index in [0.717, 1.165) is 61.6 Å². The number of carboxylic acid groups (broad SMARTS) is 1. The van der Waals surface area contributed by atoms with Crippen molar-refractivity contribution in [3.63, 3.8) is 0 Å². The van der Waals surface area contributed by atoms with E-state index in [2.05, 4.69) is 47.4 Å². The molecule has 0 saturated carbocycles. The summed E-state index contributed by atoms with van der Waals surface area (Å²) < 4.78 is 6.27. The van der Waals surface area contributed by atoms with Crippen molar-refractivity contribution in [2.24, 2.45) is 5.73 Å². The number of hydrogen-bond donors (Lipinski definition) is 3. The van der Waals surface area contributed by atoms with Crippen LogP contribution in [0.5, 0.6) is 0 Å². The molecule has 0 aliphatic heterocycles. The topological polar surface area (TPSA) is 92.3 Å². The van der Waals surface area contributed by atoms with Crippen molar-refractivity contribution in [2.45, 2.75) is 12.8 Å². The van der Waals surface area contributed by atoms with Gasteiger partial charge in [-0.2, -0.15) is 0 Å². The molecule has 0 fully saturated rings. The molecule has 180 valence electrons. The smallest absolute Gasteiger partial charge is 0.335 e. The molecule has 5 nitrogen and oxygen atoms in total. The lowest BCUT2D eigenvalue weighted by Crippen LogP contribution is -2.05. The van der Waals surface area contributed by atoms with Crippen molar-refractivity contribution >= 4 is 51.2 Å². The lowest BCUT2D eigenvalue weighted by Gasteiger charge is -2.06. The number of fused-ring (bicyclic) bond motifs is 4. The van der Waals surface area contributed by atoms with E-state index in [1.807, 2.05) is 24.3 Å². The zero-order valence-corrected chi connectivity index (χ0v) is 20.3. The molecule has 0 spiro atoms. The summed E-state index contributed by atoms with van der Waals surface area (Å²) in [6.45, 7) is 0.526. The Morgan fingerprint density at radius 1 is 0.889 bits per heavy atom. The van der Waals surface area contributed by atoms with Gasteiger partial charge in [-0.1, -0.05) is 54.6 Å². The maximum Gasteiger partial charge on any atom is 0.335 e. The summed E-state index contributed by atoms with van der Waals surface area (Å²) in [5.74, 6) is -0.921. The van der Waals surface area contributed by atoms with E-state index in [0.29, 0.717) is 18.5 Å². The molecule has 6 aromatic rings. The Balaban J connectivity index is 0.00000267. The average molecular weight is 497 g/mol. The first-order valence-electron chi connectivity index (χ1n) is 11.7. The van der Waals surface area contributed by atoms with E-state index >= 15 is 0 Å². The highest BCUT2D eigenvalue weighted by molar-refractivity contribution is 6.10. The number of furan rings is 1. The lowest BCUT2D eigenvalue weighted by atomic mass is 9.97. The third-order valence-electron chi connectivity index (χ3n) is 6.66. The van der Waals surface area contributed by atoms with Gasteiger partial charge < -0.3 is 20.2 Å². The molecule has 4 aromatic carbocycles. The Hall–Kier alpha value is -4.06. The largest absolute Gasteiger partial charge is 0.478 e. The van der Waals surface area contributed by atoms with Crippen LogP contribution >= 0.6 is 12.4 Å². The number of aromatic carboxylic acids is 1. The molecule has 0 aliphatic carbocycles. The molecule has 0 unspecified atom stereocenters. The van der Waals surface area contributed by atoms with Gasteiger partial charge in [0.05, 0.1) is 5.56 Å². The fourth-order valence-corrected chi connectivity index (χ4v) is 5.04. The van der Waals surface area contributed by atoms with Crippen LogP contribution in [0.15, 0.2) is 89.3 Å². The minimum atomic E-state index is -0.921. The first kappa shape index (κ1) is 23.7. The van der Waals surface area contributed by atoms with Crippen LogP contribution in [0.3, 0.4) is 0 Å². The van der Waals surface area contributed by atoms with Crippen LogP contribution in [0.25, 0.3) is 44.0 Å². The Labute approximate surface area is 214 Å². The molecule has 36 heavy (non-hydrogen) atoms. The third kappa shape index (κ3) is 4.02.